The monoisotopic (exact) mass is 291 g/mol. The molecule has 0 saturated carbocycles. The Kier molecular flexibility index (Phi) is 3.14. The summed E-state index contributed by atoms with van der Waals surface area (Å²) in [6.45, 7) is 1.74. The minimum absolute atomic E-state index is 0.255. The molecular formula is C12H9N3O2S2. The average Bonchev–Trinajstić information content (AvgIpc) is 3.07. The second kappa shape index (κ2) is 4.94. The van der Waals surface area contributed by atoms with Gasteiger partial charge in [-0.2, -0.15) is 0 Å². The largest absolute Gasteiger partial charge is 0.361 e. The Bertz CT molecular complexity index is 700. The molecule has 96 valence electrons. The number of nitrogens with one attached hydrogen (secondary N) is 1. The van der Waals surface area contributed by atoms with E-state index in [-0.39, 0.29) is 11.6 Å². The number of nitrogens with zero attached hydrogens (tertiary/aromatic N) is 2. The van der Waals surface area contributed by atoms with Gasteiger partial charge in [0.15, 0.2) is 10.8 Å². The van der Waals surface area contributed by atoms with Gasteiger partial charge in [-0.05, 0) is 18.4 Å². The Labute approximate surface area is 116 Å². The fourth-order valence-corrected chi connectivity index (χ4v) is 2.97. The molecule has 3 aromatic rings. The van der Waals surface area contributed by atoms with Gasteiger partial charge < -0.3 is 4.52 Å². The zero-order chi connectivity index (χ0) is 13.2. The molecule has 5 nitrogen and oxygen atoms in total. The quantitative estimate of drug-likeness (QED) is 0.803. The normalized spacial score (nSPS) is 10.6. The number of anilines is 1. The fourth-order valence-electron chi connectivity index (χ4n) is 1.50. The molecule has 0 bridgehead atoms. The highest BCUT2D eigenvalue weighted by Gasteiger charge is 2.13. The number of thiazole rings is 1. The molecule has 0 atom stereocenters. The van der Waals surface area contributed by atoms with E-state index in [9.17, 15) is 4.79 Å². The van der Waals surface area contributed by atoms with Crippen molar-refractivity contribution in [3.05, 3.63) is 40.4 Å². The lowest BCUT2D eigenvalue weighted by atomic mass is 10.3. The molecule has 0 aliphatic carbocycles. The van der Waals surface area contributed by atoms with Gasteiger partial charge in [0.2, 0.25) is 0 Å². The van der Waals surface area contributed by atoms with Crippen LogP contribution in [0.5, 0.6) is 0 Å². The molecule has 0 fully saturated rings. The summed E-state index contributed by atoms with van der Waals surface area (Å²) in [6.07, 6.45) is 0. The Hall–Kier alpha value is -1.99. The summed E-state index contributed by atoms with van der Waals surface area (Å²) in [5.74, 6) is 0.285. The molecule has 7 heteroatoms. The van der Waals surface area contributed by atoms with E-state index in [4.69, 9.17) is 4.52 Å². The highest BCUT2D eigenvalue weighted by Crippen LogP contribution is 2.28. The van der Waals surface area contributed by atoms with Crippen LogP contribution in [-0.2, 0) is 0 Å². The van der Waals surface area contributed by atoms with Crippen LogP contribution in [0.1, 0.15) is 16.2 Å². The van der Waals surface area contributed by atoms with Crippen molar-refractivity contribution in [1.29, 1.82) is 0 Å². The standard InChI is InChI=1S/C12H9N3O2S2/c1-7-5-8(15-17-7)11(16)14-12-13-9(6-19-12)10-3-2-4-18-10/h2-6H,1H3,(H,13,14,16). The van der Waals surface area contributed by atoms with Crippen LogP contribution in [0.4, 0.5) is 5.13 Å². The van der Waals surface area contributed by atoms with Crippen molar-refractivity contribution >= 4 is 33.7 Å². The lowest BCUT2D eigenvalue weighted by molar-refractivity contribution is 0.101. The van der Waals surface area contributed by atoms with E-state index in [1.165, 1.54) is 11.3 Å². The Morgan fingerprint density at radius 2 is 2.32 bits per heavy atom. The third-order valence-electron chi connectivity index (χ3n) is 2.36. The molecular weight excluding hydrogens is 282 g/mol. The summed E-state index contributed by atoms with van der Waals surface area (Å²) >= 11 is 2.99. The molecule has 0 unspecified atom stereocenters. The maximum atomic E-state index is 11.9. The molecule has 1 N–H and O–H groups in total. The lowest BCUT2D eigenvalue weighted by Crippen LogP contribution is -2.11. The Morgan fingerprint density at radius 3 is 3.00 bits per heavy atom. The van der Waals surface area contributed by atoms with Crippen molar-refractivity contribution in [1.82, 2.24) is 10.1 Å². The van der Waals surface area contributed by atoms with Gasteiger partial charge in [-0.25, -0.2) is 4.98 Å². The number of rotatable bonds is 3. The Balaban J connectivity index is 1.76. The summed E-state index contributed by atoms with van der Waals surface area (Å²) in [5.41, 5.74) is 1.12. The summed E-state index contributed by atoms with van der Waals surface area (Å²) in [4.78, 5) is 17.3. The van der Waals surface area contributed by atoms with E-state index in [1.54, 1.807) is 24.3 Å². The van der Waals surface area contributed by atoms with Crippen LogP contribution in [0, 0.1) is 6.92 Å². The fraction of sp³-hybridized carbons (Fsp3) is 0.0833. The number of aromatic nitrogens is 2. The molecule has 0 spiro atoms. The van der Waals surface area contributed by atoms with Crippen molar-refractivity contribution in [3.63, 3.8) is 0 Å². The van der Waals surface area contributed by atoms with Crippen LogP contribution in [0.15, 0.2) is 33.5 Å². The smallest absolute Gasteiger partial charge is 0.279 e. The molecule has 0 aliphatic heterocycles. The van der Waals surface area contributed by atoms with E-state index in [2.05, 4.69) is 15.5 Å². The minimum atomic E-state index is -0.316. The second-order valence-electron chi connectivity index (χ2n) is 3.79. The molecule has 19 heavy (non-hydrogen) atoms. The third kappa shape index (κ3) is 2.56. The van der Waals surface area contributed by atoms with E-state index in [0.29, 0.717) is 10.9 Å². The molecule has 1 amide bonds. The van der Waals surface area contributed by atoms with E-state index >= 15 is 0 Å². The van der Waals surface area contributed by atoms with Gasteiger partial charge in [-0.3, -0.25) is 10.1 Å². The molecule has 0 saturated heterocycles. The number of amides is 1. The Morgan fingerprint density at radius 1 is 1.42 bits per heavy atom. The molecule has 0 aliphatic rings. The lowest BCUT2D eigenvalue weighted by Gasteiger charge is -1.96. The minimum Gasteiger partial charge on any atom is -0.361 e. The van der Waals surface area contributed by atoms with Crippen LogP contribution in [0.3, 0.4) is 0 Å². The van der Waals surface area contributed by atoms with Crippen molar-refractivity contribution in [2.24, 2.45) is 0 Å². The average molecular weight is 291 g/mol. The van der Waals surface area contributed by atoms with E-state index in [1.807, 2.05) is 22.9 Å². The SMILES string of the molecule is Cc1cc(C(=O)Nc2nc(-c3cccs3)cs2)no1. The topological polar surface area (TPSA) is 68.0 Å². The zero-order valence-electron chi connectivity index (χ0n) is 9.91. The van der Waals surface area contributed by atoms with Gasteiger partial charge in [0.05, 0.1) is 10.6 Å². The van der Waals surface area contributed by atoms with Gasteiger partial charge in [-0.1, -0.05) is 11.2 Å². The van der Waals surface area contributed by atoms with Gasteiger partial charge >= 0.3 is 0 Å². The molecule has 3 rings (SSSR count). The van der Waals surface area contributed by atoms with Gasteiger partial charge in [0.25, 0.3) is 5.91 Å². The summed E-state index contributed by atoms with van der Waals surface area (Å²) in [5, 5.41) is 10.8. The number of aryl methyl sites for hydroxylation is 1. The van der Waals surface area contributed by atoms with Gasteiger partial charge in [0, 0.05) is 11.4 Å². The maximum Gasteiger partial charge on any atom is 0.279 e. The molecule has 3 aromatic heterocycles. The van der Waals surface area contributed by atoms with Crippen molar-refractivity contribution in [3.8, 4) is 10.6 Å². The van der Waals surface area contributed by atoms with Crippen molar-refractivity contribution in [2.75, 3.05) is 5.32 Å². The summed E-state index contributed by atoms with van der Waals surface area (Å²) < 4.78 is 4.86. The predicted octanol–water partition coefficient (Wildman–Crippen LogP) is 3.42. The van der Waals surface area contributed by atoms with Crippen LogP contribution in [0.2, 0.25) is 0 Å². The summed E-state index contributed by atoms with van der Waals surface area (Å²) in [7, 11) is 0. The predicted molar refractivity (Wildman–Crippen MR) is 74.6 cm³/mol. The van der Waals surface area contributed by atoms with Crippen LogP contribution >= 0.6 is 22.7 Å². The first-order valence-electron chi connectivity index (χ1n) is 5.46. The highest BCUT2D eigenvalue weighted by atomic mass is 32.1. The van der Waals surface area contributed by atoms with E-state index in [0.717, 1.165) is 10.6 Å². The van der Waals surface area contributed by atoms with Crippen molar-refractivity contribution < 1.29 is 9.32 Å². The number of hydrogen-bond donors (Lipinski definition) is 1. The third-order valence-corrected chi connectivity index (χ3v) is 4.01. The number of carbonyl (C=O) groups is 1. The van der Waals surface area contributed by atoms with Crippen LogP contribution in [-0.4, -0.2) is 16.0 Å². The van der Waals surface area contributed by atoms with Crippen LogP contribution < -0.4 is 5.32 Å². The van der Waals surface area contributed by atoms with Crippen molar-refractivity contribution in [2.45, 2.75) is 6.92 Å². The zero-order valence-corrected chi connectivity index (χ0v) is 11.5. The van der Waals surface area contributed by atoms with Gasteiger partial charge in [-0.15, -0.1) is 22.7 Å². The first-order valence-corrected chi connectivity index (χ1v) is 7.22. The first kappa shape index (κ1) is 12.1. The highest BCUT2D eigenvalue weighted by molar-refractivity contribution is 7.16. The first-order chi connectivity index (χ1) is 9.22. The van der Waals surface area contributed by atoms with Crippen LogP contribution in [0.25, 0.3) is 10.6 Å². The molecule has 0 aromatic carbocycles. The summed E-state index contributed by atoms with van der Waals surface area (Å²) in [6, 6.07) is 5.55. The number of thiophene rings is 1. The second-order valence-corrected chi connectivity index (χ2v) is 5.60. The number of hydrogen-bond acceptors (Lipinski definition) is 6. The molecule has 3 heterocycles. The maximum absolute atomic E-state index is 11.9. The molecule has 0 radical (unpaired) electrons. The number of carbonyl (C=O) groups excluding carboxylic acids is 1. The van der Waals surface area contributed by atoms with E-state index < -0.39 is 0 Å². The van der Waals surface area contributed by atoms with Gasteiger partial charge in [0.1, 0.15) is 5.76 Å².